The van der Waals surface area contributed by atoms with Crippen LogP contribution in [0.15, 0.2) is 36.7 Å². The molecule has 2 atom stereocenters. The van der Waals surface area contributed by atoms with Gasteiger partial charge in [-0.2, -0.15) is 0 Å². The molecule has 0 saturated carbocycles. The molecule has 0 spiro atoms. The van der Waals surface area contributed by atoms with Gasteiger partial charge in [-0.05, 0) is 25.0 Å². The van der Waals surface area contributed by atoms with Crippen LogP contribution in [0, 0.1) is 6.92 Å². The van der Waals surface area contributed by atoms with E-state index in [-0.39, 0.29) is 5.56 Å². The number of hydrogen-bond donors (Lipinski definition) is 2. The number of para-hydroxylation sites is 1. The third-order valence-corrected chi connectivity index (χ3v) is 4.92. The van der Waals surface area contributed by atoms with Crippen LogP contribution in [0.1, 0.15) is 22.3 Å². The Hall–Kier alpha value is -2.67. The number of nitrogens with one attached hydrogen (secondary N) is 1. The fraction of sp³-hybridized carbons (Fsp3) is 0.353. The van der Waals surface area contributed by atoms with E-state index >= 15 is 0 Å². The minimum Gasteiger partial charge on any atom is -0.364 e. The van der Waals surface area contributed by atoms with Gasteiger partial charge in [-0.15, -0.1) is 0 Å². The number of amides is 1. The molecule has 4 rings (SSSR count). The van der Waals surface area contributed by atoms with Crippen molar-refractivity contribution in [2.45, 2.75) is 25.4 Å². The van der Waals surface area contributed by atoms with E-state index < -0.39 is 5.91 Å². The summed E-state index contributed by atoms with van der Waals surface area (Å²) in [6, 6.07) is 9.32. The van der Waals surface area contributed by atoms with E-state index in [1.165, 1.54) is 23.6 Å². The number of carbonyl (C=O) groups excluding carboxylic acids is 1. The number of rotatable bonds is 3. The molecule has 2 fully saturated rings. The second kappa shape index (κ2) is 5.76. The van der Waals surface area contributed by atoms with Gasteiger partial charge in [-0.1, -0.05) is 18.2 Å². The van der Waals surface area contributed by atoms with Crippen LogP contribution in [0.2, 0.25) is 0 Å². The maximum absolute atomic E-state index is 11.3. The molecule has 1 amide bonds. The molecule has 1 aromatic heterocycles. The Morgan fingerprint density at radius 3 is 2.46 bits per heavy atom. The predicted octanol–water partition coefficient (Wildman–Crippen LogP) is 1.37. The first-order valence-corrected chi connectivity index (χ1v) is 8.03. The van der Waals surface area contributed by atoms with Gasteiger partial charge in [0.1, 0.15) is 0 Å². The van der Waals surface area contributed by atoms with E-state index in [2.05, 4.69) is 51.0 Å². The number of fused-ring (bicyclic) bond motifs is 2. The Labute approximate surface area is 139 Å². The third-order valence-electron chi connectivity index (χ3n) is 4.92. The zero-order valence-electron chi connectivity index (χ0n) is 13.4. The largest absolute Gasteiger partial charge is 0.364 e. The highest BCUT2D eigenvalue weighted by Crippen LogP contribution is 2.37. The van der Waals surface area contributed by atoms with E-state index in [9.17, 15) is 4.79 Å². The topological polar surface area (TPSA) is 81.6 Å². The molecule has 0 radical (unpaired) electrons. The van der Waals surface area contributed by atoms with Crippen LogP contribution in [0.5, 0.6) is 0 Å². The lowest BCUT2D eigenvalue weighted by molar-refractivity contribution is 0.0705. The van der Waals surface area contributed by atoms with Crippen molar-refractivity contribution in [3.8, 4) is 0 Å². The van der Waals surface area contributed by atoms with Gasteiger partial charge >= 0.3 is 0 Å². The van der Waals surface area contributed by atoms with E-state index in [1.807, 2.05) is 0 Å². The molecular formula is C17H19N5O2. The summed E-state index contributed by atoms with van der Waals surface area (Å²) < 4.78 is 0. The first-order chi connectivity index (χ1) is 11.7. The van der Waals surface area contributed by atoms with Crippen LogP contribution >= 0.6 is 0 Å². The fourth-order valence-corrected chi connectivity index (χ4v) is 3.74. The van der Waals surface area contributed by atoms with Crippen LogP contribution in [-0.2, 0) is 0 Å². The van der Waals surface area contributed by atoms with Gasteiger partial charge in [0.05, 0.1) is 11.6 Å². The Bertz CT molecular complexity index is 764. The van der Waals surface area contributed by atoms with Gasteiger partial charge in [-0.25, -0.2) is 15.4 Å². The molecule has 2 bridgehead atoms. The summed E-state index contributed by atoms with van der Waals surface area (Å²) >= 11 is 0. The number of anilines is 2. The van der Waals surface area contributed by atoms with Gasteiger partial charge in [-0.3, -0.25) is 10.0 Å². The van der Waals surface area contributed by atoms with E-state index in [0.717, 1.165) is 19.5 Å². The summed E-state index contributed by atoms with van der Waals surface area (Å²) in [6.45, 7) is 3.98. The number of aromatic nitrogens is 2. The van der Waals surface area contributed by atoms with Crippen LogP contribution in [-0.4, -0.2) is 46.3 Å². The van der Waals surface area contributed by atoms with Gasteiger partial charge in [0.2, 0.25) is 5.95 Å². The molecule has 3 heterocycles. The molecule has 2 saturated heterocycles. The number of hydrogen-bond acceptors (Lipinski definition) is 6. The molecule has 2 aromatic rings. The van der Waals surface area contributed by atoms with Crippen LogP contribution < -0.4 is 15.3 Å². The molecule has 1 aromatic carbocycles. The highest BCUT2D eigenvalue weighted by atomic mass is 16.5. The molecule has 2 aliphatic rings. The molecule has 7 heteroatoms. The zero-order chi connectivity index (χ0) is 16.7. The van der Waals surface area contributed by atoms with Gasteiger partial charge in [0, 0.05) is 37.2 Å². The maximum atomic E-state index is 11.3. The van der Waals surface area contributed by atoms with E-state index in [4.69, 9.17) is 5.21 Å². The summed E-state index contributed by atoms with van der Waals surface area (Å²) in [5.41, 5.74) is 4.43. The number of hydroxylamine groups is 1. The lowest BCUT2D eigenvalue weighted by Gasteiger charge is -2.36. The predicted molar refractivity (Wildman–Crippen MR) is 89.3 cm³/mol. The molecule has 0 aliphatic carbocycles. The van der Waals surface area contributed by atoms with Crippen molar-refractivity contribution in [1.29, 1.82) is 0 Å². The van der Waals surface area contributed by atoms with E-state index in [0.29, 0.717) is 18.0 Å². The van der Waals surface area contributed by atoms with Crippen molar-refractivity contribution in [2.75, 3.05) is 22.9 Å². The standard InChI is InChI=1S/C17H19N5O2/c1-11-4-2-3-5-15(11)21-9-14-6-13(21)10-22(14)17-18-7-12(8-19-17)16(23)20-24/h2-5,7-8,13-14,24H,6,9-10H2,1H3,(H,20,23). The highest BCUT2D eigenvalue weighted by molar-refractivity contribution is 5.92. The van der Waals surface area contributed by atoms with Crippen LogP contribution in [0.4, 0.5) is 11.6 Å². The van der Waals surface area contributed by atoms with Crippen molar-refractivity contribution in [3.63, 3.8) is 0 Å². The van der Waals surface area contributed by atoms with Crippen molar-refractivity contribution < 1.29 is 10.0 Å². The molecule has 2 N–H and O–H groups in total. The van der Waals surface area contributed by atoms with E-state index in [1.54, 1.807) is 5.48 Å². The van der Waals surface area contributed by atoms with Crippen LogP contribution in [0.3, 0.4) is 0 Å². The molecule has 7 nitrogen and oxygen atoms in total. The third kappa shape index (κ3) is 2.37. The smallest absolute Gasteiger partial charge is 0.277 e. The molecule has 2 aliphatic heterocycles. The molecule has 24 heavy (non-hydrogen) atoms. The molecule has 124 valence electrons. The van der Waals surface area contributed by atoms with Crippen molar-refractivity contribution in [3.05, 3.63) is 47.8 Å². The van der Waals surface area contributed by atoms with Crippen molar-refractivity contribution in [1.82, 2.24) is 15.4 Å². The second-order valence-corrected chi connectivity index (χ2v) is 6.35. The summed E-state index contributed by atoms with van der Waals surface area (Å²) in [6.07, 6.45) is 3.98. The monoisotopic (exact) mass is 325 g/mol. The highest BCUT2D eigenvalue weighted by Gasteiger charge is 2.44. The number of carbonyl (C=O) groups is 1. The Morgan fingerprint density at radius 1 is 1.17 bits per heavy atom. The van der Waals surface area contributed by atoms with Gasteiger partial charge in [0.15, 0.2) is 0 Å². The lowest BCUT2D eigenvalue weighted by Crippen LogP contribution is -2.47. The Kier molecular flexibility index (Phi) is 3.57. The minimum absolute atomic E-state index is 0.243. The zero-order valence-corrected chi connectivity index (χ0v) is 13.4. The average Bonchev–Trinajstić information content (AvgIpc) is 3.22. The van der Waals surface area contributed by atoms with Crippen LogP contribution in [0.25, 0.3) is 0 Å². The lowest BCUT2D eigenvalue weighted by atomic mass is 10.1. The maximum Gasteiger partial charge on any atom is 0.277 e. The Balaban J connectivity index is 1.50. The number of aryl methyl sites for hydroxylation is 1. The van der Waals surface area contributed by atoms with Gasteiger partial charge < -0.3 is 9.80 Å². The molecule has 2 unspecified atom stereocenters. The van der Waals surface area contributed by atoms with Crippen molar-refractivity contribution in [2.24, 2.45) is 0 Å². The summed E-state index contributed by atoms with van der Waals surface area (Å²) in [7, 11) is 0. The SMILES string of the molecule is Cc1ccccc1N1CC2CC1CN2c1ncc(C(=O)NO)cn1. The molecular weight excluding hydrogens is 306 g/mol. The normalized spacial score (nSPS) is 22.1. The van der Waals surface area contributed by atoms with Crippen molar-refractivity contribution >= 4 is 17.5 Å². The average molecular weight is 325 g/mol. The quantitative estimate of drug-likeness (QED) is 0.655. The number of piperazine rings is 1. The summed E-state index contributed by atoms with van der Waals surface area (Å²) in [4.78, 5) is 24.6. The summed E-state index contributed by atoms with van der Waals surface area (Å²) in [5.74, 6) is 0.0386. The number of benzene rings is 1. The second-order valence-electron chi connectivity index (χ2n) is 6.35. The first-order valence-electron chi connectivity index (χ1n) is 8.03. The van der Waals surface area contributed by atoms with Gasteiger partial charge in [0.25, 0.3) is 5.91 Å². The fourth-order valence-electron chi connectivity index (χ4n) is 3.74. The number of nitrogens with zero attached hydrogens (tertiary/aromatic N) is 4. The summed E-state index contributed by atoms with van der Waals surface area (Å²) in [5, 5.41) is 8.64. The minimum atomic E-state index is -0.602. The Morgan fingerprint density at radius 2 is 1.83 bits per heavy atom. The first kappa shape index (κ1) is 14.9.